The molecule has 84 valence electrons. The van der Waals surface area contributed by atoms with Crippen molar-refractivity contribution in [3.63, 3.8) is 0 Å². The second kappa shape index (κ2) is 7.10. The molecule has 0 aromatic carbocycles. The molecule has 0 aromatic heterocycles. The van der Waals surface area contributed by atoms with E-state index in [1.165, 1.54) is 12.2 Å². The monoisotopic (exact) mass is 210 g/mol. The number of isocyanates is 2. The number of rotatable bonds is 7. The summed E-state index contributed by atoms with van der Waals surface area (Å²) in [7, 11) is 0. The lowest BCUT2D eigenvalue weighted by molar-refractivity contribution is 0.248. The van der Waals surface area contributed by atoms with Gasteiger partial charge in [-0.15, -0.1) is 0 Å². The van der Waals surface area contributed by atoms with Crippen LogP contribution in [0.3, 0.4) is 0 Å². The van der Waals surface area contributed by atoms with E-state index >= 15 is 0 Å². The molecular weight excluding hydrogens is 192 g/mol. The summed E-state index contributed by atoms with van der Waals surface area (Å²) >= 11 is 0. The van der Waals surface area contributed by atoms with Gasteiger partial charge in [0.05, 0.1) is 0 Å². The van der Waals surface area contributed by atoms with Crippen molar-refractivity contribution in [1.82, 2.24) is 0 Å². The van der Waals surface area contributed by atoms with Crippen LogP contribution < -0.4 is 0 Å². The average Bonchev–Trinajstić information content (AvgIpc) is 2.25. The zero-order valence-corrected chi connectivity index (χ0v) is 9.62. The summed E-state index contributed by atoms with van der Waals surface area (Å²) in [6, 6.07) is 0. The van der Waals surface area contributed by atoms with E-state index in [4.69, 9.17) is 0 Å². The Morgan fingerprint density at radius 3 is 1.93 bits per heavy atom. The third-order valence-electron chi connectivity index (χ3n) is 2.78. The summed E-state index contributed by atoms with van der Waals surface area (Å²) in [5.41, 5.74) is -0.936. The number of carbonyl (C=O) groups excluding carboxylic acids is 2. The molecule has 0 saturated carbocycles. The smallest absolute Gasteiger partial charge is 0.211 e. The van der Waals surface area contributed by atoms with Gasteiger partial charge in [-0.3, -0.25) is 0 Å². The minimum atomic E-state index is -0.936. The zero-order chi connectivity index (χ0) is 11.7. The molecule has 0 rings (SSSR count). The number of nitrogens with zero attached hydrogens (tertiary/aromatic N) is 2. The third-order valence-corrected chi connectivity index (χ3v) is 2.78. The standard InChI is InChI=1S/C11H18N2O2/c1-4-7-10(5-2)11(6-3,12-8-14)13-9-15/h10H,4-7H2,1-3H3. The summed E-state index contributed by atoms with van der Waals surface area (Å²) in [6.07, 6.45) is 6.26. The van der Waals surface area contributed by atoms with Gasteiger partial charge in [0.2, 0.25) is 12.2 Å². The highest BCUT2D eigenvalue weighted by atomic mass is 16.1. The van der Waals surface area contributed by atoms with Crippen LogP contribution in [-0.2, 0) is 9.59 Å². The van der Waals surface area contributed by atoms with Crippen molar-refractivity contribution in [3.8, 4) is 0 Å². The molecule has 0 spiro atoms. The first-order valence-electron chi connectivity index (χ1n) is 5.38. The first-order valence-corrected chi connectivity index (χ1v) is 5.38. The van der Waals surface area contributed by atoms with Crippen LogP contribution in [0.25, 0.3) is 0 Å². The van der Waals surface area contributed by atoms with Crippen LogP contribution in [0.15, 0.2) is 9.98 Å². The second-order valence-corrected chi connectivity index (χ2v) is 3.53. The molecule has 1 atom stereocenters. The molecule has 0 N–H and O–H groups in total. The van der Waals surface area contributed by atoms with Crippen molar-refractivity contribution < 1.29 is 9.59 Å². The SMILES string of the molecule is CCCC(CC)C(CC)(N=C=O)N=C=O. The summed E-state index contributed by atoms with van der Waals surface area (Å²) < 4.78 is 0. The highest BCUT2D eigenvalue weighted by Gasteiger charge is 2.35. The first-order chi connectivity index (χ1) is 7.20. The molecule has 0 bridgehead atoms. The average molecular weight is 210 g/mol. The van der Waals surface area contributed by atoms with Crippen molar-refractivity contribution in [1.29, 1.82) is 0 Å². The van der Waals surface area contributed by atoms with Crippen molar-refractivity contribution >= 4 is 12.2 Å². The van der Waals surface area contributed by atoms with Crippen molar-refractivity contribution in [2.24, 2.45) is 15.9 Å². The van der Waals surface area contributed by atoms with E-state index in [0.717, 1.165) is 19.3 Å². The van der Waals surface area contributed by atoms with E-state index in [-0.39, 0.29) is 5.92 Å². The highest BCUT2D eigenvalue weighted by molar-refractivity contribution is 5.39. The molecule has 0 aliphatic rings. The lowest BCUT2D eigenvalue weighted by atomic mass is 9.85. The lowest BCUT2D eigenvalue weighted by Gasteiger charge is -2.29. The maximum absolute atomic E-state index is 10.4. The first kappa shape index (κ1) is 13.8. The molecule has 0 heterocycles. The predicted octanol–water partition coefficient (Wildman–Crippen LogP) is 2.59. The fraction of sp³-hybridized carbons (Fsp3) is 0.818. The van der Waals surface area contributed by atoms with E-state index < -0.39 is 5.66 Å². The van der Waals surface area contributed by atoms with Gasteiger partial charge in [0.25, 0.3) is 0 Å². The summed E-state index contributed by atoms with van der Waals surface area (Å²) in [6.45, 7) is 5.92. The number of hydrogen-bond acceptors (Lipinski definition) is 4. The second-order valence-electron chi connectivity index (χ2n) is 3.53. The molecule has 0 amide bonds. The topological polar surface area (TPSA) is 58.9 Å². The van der Waals surface area contributed by atoms with Crippen molar-refractivity contribution in [2.45, 2.75) is 52.1 Å². The van der Waals surface area contributed by atoms with Crippen LogP contribution in [0.5, 0.6) is 0 Å². The van der Waals surface area contributed by atoms with E-state index in [2.05, 4.69) is 16.9 Å². The van der Waals surface area contributed by atoms with Gasteiger partial charge >= 0.3 is 0 Å². The number of hydrogen-bond donors (Lipinski definition) is 0. The Morgan fingerprint density at radius 2 is 1.67 bits per heavy atom. The minimum absolute atomic E-state index is 0.107. The molecule has 0 aliphatic carbocycles. The van der Waals surface area contributed by atoms with Gasteiger partial charge in [0.15, 0.2) is 5.66 Å². The Morgan fingerprint density at radius 1 is 1.13 bits per heavy atom. The van der Waals surface area contributed by atoms with Crippen LogP contribution in [0.2, 0.25) is 0 Å². The van der Waals surface area contributed by atoms with Crippen LogP contribution in [0, 0.1) is 5.92 Å². The summed E-state index contributed by atoms with van der Waals surface area (Å²) in [5.74, 6) is 0.107. The maximum atomic E-state index is 10.4. The minimum Gasteiger partial charge on any atom is -0.211 e. The quantitative estimate of drug-likeness (QED) is 0.479. The van der Waals surface area contributed by atoms with E-state index in [0.29, 0.717) is 6.42 Å². The Bertz CT molecular complexity index is 258. The largest absolute Gasteiger partial charge is 0.237 e. The van der Waals surface area contributed by atoms with Gasteiger partial charge in [0, 0.05) is 5.92 Å². The van der Waals surface area contributed by atoms with Gasteiger partial charge in [-0.1, -0.05) is 27.2 Å². The Kier molecular flexibility index (Phi) is 6.52. The fourth-order valence-corrected chi connectivity index (χ4v) is 1.92. The predicted molar refractivity (Wildman–Crippen MR) is 58.0 cm³/mol. The molecular formula is C11H18N2O2. The Balaban J connectivity index is 5.17. The molecule has 15 heavy (non-hydrogen) atoms. The normalized spacial score (nSPS) is 15.7. The molecule has 0 saturated heterocycles. The van der Waals surface area contributed by atoms with Crippen LogP contribution in [-0.4, -0.2) is 17.8 Å². The fourth-order valence-electron chi connectivity index (χ4n) is 1.92. The van der Waals surface area contributed by atoms with Gasteiger partial charge in [0.1, 0.15) is 0 Å². The molecule has 0 fully saturated rings. The molecule has 1 unspecified atom stereocenters. The summed E-state index contributed by atoms with van der Waals surface area (Å²) in [5, 5.41) is 0. The molecule has 0 aliphatic heterocycles. The van der Waals surface area contributed by atoms with Crippen LogP contribution in [0.1, 0.15) is 46.5 Å². The van der Waals surface area contributed by atoms with E-state index in [1.54, 1.807) is 0 Å². The molecule has 0 aromatic rings. The Hall–Kier alpha value is -1.24. The van der Waals surface area contributed by atoms with Gasteiger partial charge in [-0.05, 0) is 19.3 Å². The number of aliphatic imine (C=N–C) groups is 2. The van der Waals surface area contributed by atoms with Gasteiger partial charge < -0.3 is 0 Å². The van der Waals surface area contributed by atoms with Crippen LogP contribution in [0.4, 0.5) is 0 Å². The van der Waals surface area contributed by atoms with Gasteiger partial charge in [-0.2, -0.15) is 9.98 Å². The lowest BCUT2D eigenvalue weighted by Crippen LogP contribution is -2.33. The van der Waals surface area contributed by atoms with Crippen molar-refractivity contribution in [2.75, 3.05) is 0 Å². The summed E-state index contributed by atoms with van der Waals surface area (Å²) in [4.78, 5) is 28.2. The maximum Gasteiger partial charge on any atom is 0.237 e. The van der Waals surface area contributed by atoms with Gasteiger partial charge in [-0.25, -0.2) is 9.59 Å². The third kappa shape index (κ3) is 3.43. The zero-order valence-electron chi connectivity index (χ0n) is 9.62. The highest BCUT2D eigenvalue weighted by Crippen LogP contribution is 2.33. The van der Waals surface area contributed by atoms with E-state index in [9.17, 15) is 9.59 Å². The van der Waals surface area contributed by atoms with E-state index in [1.807, 2.05) is 13.8 Å². The Labute approximate surface area is 90.5 Å². The molecule has 4 nitrogen and oxygen atoms in total. The molecule has 0 radical (unpaired) electrons. The van der Waals surface area contributed by atoms with Crippen molar-refractivity contribution in [3.05, 3.63) is 0 Å². The van der Waals surface area contributed by atoms with Crippen LogP contribution >= 0.6 is 0 Å². The molecule has 4 heteroatoms.